The minimum atomic E-state index is -0.244. The first-order valence-corrected chi connectivity index (χ1v) is 9.69. The quantitative estimate of drug-likeness (QED) is 0.882. The highest BCUT2D eigenvalue weighted by Crippen LogP contribution is 2.42. The van der Waals surface area contributed by atoms with Crippen LogP contribution in [0.3, 0.4) is 0 Å². The zero-order valence-electron chi connectivity index (χ0n) is 15.4. The van der Waals surface area contributed by atoms with Crippen LogP contribution >= 0.6 is 0 Å². The highest BCUT2D eigenvalue weighted by atomic mass is 16.5. The van der Waals surface area contributed by atoms with Gasteiger partial charge in [-0.15, -0.1) is 0 Å². The minimum absolute atomic E-state index is 0.104. The highest BCUT2D eigenvalue weighted by Gasteiger charge is 2.48. The molecule has 3 atom stereocenters. The third kappa shape index (κ3) is 3.75. The van der Waals surface area contributed by atoms with Crippen molar-refractivity contribution in [3.63, 3.8) is 0 Å². The fourth-order valence-corrected chi connectivity index (χ4v) is 4.38. The van der Waals surface area contributed by atoms with Gasteiger partial charge in [0.05, 0.1) is 11.8 Å². The van der Waals surface area contributed by atoms with Gasteiger partial charge in [0, 0.05) is 45.0 Å². The van der Waals surface area contributed by atoms with Crippen LogP contribution in [0.2, 0.25) is 0 Å². The summed E-state index contributed by atoms with van der Waals surface area (Å²) in [6.45, 7) is 6.10. The van der Waals surface area contributed by atoms with Crippen molar-refractivity contribution < 1.29 is 9.53 Å². The lowest BCUT2D eigenvalue weighted by Crippen LogP contribution is -2.51. The van der Waals surface area contributed by atoms with Crippen molar-refractivity contribution in [2.45, 2.75) is 57.3 Å². The topological polar surface area (TPSA) is 59.4 Å². The van der Waals surface area contributed by atoms with Crippen LogP contribution in [0, 0.1) is 11.8 Å². The number of piperidine rings is 1. The number of ether oxygens (including phenoxy) is 1. The average molecular weight is 346 g/mol. The number of carbonyl (C=O) groups is 1. The Labute approximate surface area is 149 Å². The summed E-state index contributed by atoms with van der Waals surface area (Å²) in [5, 5.41) is 7.34. The molecule has 25 heavy (non-hydrogen) atoms. The molecule has 0 aromatic carbocycles. The molecule has 1 aromatic rings. The Bertz CT molecular complexity index is 627. The Hall–Kier alpha value is -1.40. The van der Waals surface area contributed by atoms with Gasteiger partial charge in [-0.3, -0.25) is 14.4 Å². The Morgan fingerprint density at radius 1 is 1.40 bits per heavy atom. The van der Waals surface area contributed by atoms with Gasteiger partial charge >= 0.3 is 0 Å². The van der Waals surface area contributed by atoms with E-state index in [1.165, 1.54) is 18.4 Å². The average Bonchev–Trinajstić information content (AvgIpc) is 3.18. The summed E-state index contributed by atoms with van der Waals surface area (Å²) in [6.07, 6.45) is 9.20. The molecule has 0 bridgehead atoms. The molecule has 1 aliphatic carbocycles. The molecule has 1 aromatic heterocycles. The number of aromatic nitrogens is 2. The fourth-order valence-electron chi connectivity index (χ4n) is 4.38. The summed E-state index contributed by atoms with van der Waals surface area (Å²) in [5.41, 5.74) is 1.16. The van der Waals surface area contributed by atoms with E-state index in [9.17, 15) is 4.79 Å². The summed E-state index contributed by atoms with van der Waals surface area (Å²) in [6, 6.07) is 0. The smallest absolute Gasteiger partial charge is 0.249 e. The summed E-state index contributed by atoms with van der Waals surface area (Å²) in [7, 11) is 1.96. The van der Waals surface area contributed by atoms with Crippen LogP contribution in [0.5, 0.6) is 0 Å². The zero-order chi connectivity index (χ0) is 17.4. The van der Waals surface area contributed by atoms with E-state index in [1.807, 2.05) is 17.9 Å². The van der Waals surface area contributed by atoms with Gasteiger partial charge in [-0.05, 0) is 43.9 Å². The maximum atomic E-state index is 12.4. The normalized spacial score (nSPS) is 33.0. The summed E-state index contributed by atoms with van der Waals surface area (Å²) >= 11 is 0. The summed E-state index contributed by atoms with van der Waals surface area (Å²) in [5.74, 6) is 1.27. The standard InChI is InChI=1S/C19H30N4O2/c1-14-11-23(13-16-10-21-22(2)12-16)8-7-19(14)6-5-17(25-19)18(24)20-9-15-3-4-15/h10,12,14-15,17H,3-9,11,13H2,1-2H3,(H,20,24)/t14-,17?,19+/m0/s1. The van der Waals surface area contributed by atoms with Gasteiger partial charge in [0.1, 0.15) is 6.10 Å². The van der Waals surface area contributed by atoms with Crippen molar-refractivity contribution in [1.82, 2.24) is 20.0 Å². The molecule has 1 unspecified atom stereocenters. The molecular formula is C19H30N4O2. The lowest BCUT2D eigenvalue weighted by molar-refractivity contribution is -0.147. The number of aryl methyl sites for hydroxylation is 1. The number of hydrogen-bond acceptors (Lipinski definition) is 4. The Kier molecular flexibility index (Phi) is 4.58. The lowest BCUT2D eigenvalue weighted by atomic mass is 9.80. The van der Waals surface area contributed by atoms with Crippen LogP contribution < -0.4 is 5.32 Å². The third-order valence-corrected chi connectivity index (χ3v) is 6.21. The number of carbonyl (C=O) groups excluding carboxylic acids is 1. The van der Waals surface area contributed by atoms with Crippen molar-refractivity contribution in [2.24, 2.45) is 18.9 Å². The fraction of sp³-hybridized carbons (Fsp3) is 0.789. The SMILES string of the molecule is C[C@H]1CN(Cc2cnn(C)c2)CC[C@]12CCC(C(=O)NCC1CC1)O2. The van der Waals surface area contributed by atoms with Crippen molar-refractivity contribution in [1.29, 1.82) is 0 Å². The molecule has 2 saturated heterocycles. The first kappa shape index (κ1) is 17.0. The van der Waals surface area contributed by atoms with Gasteiger partial charge in [0.25, 0.3) is 0 Å². The maximum Gasteiger partial charge on any atom is 0.249 e. The molecule has 0 radical (unpaired) electrons. The second-order valence-electron chi connectivity index (χ2n) is 8.31. The molecule has 6 heteroatoms. The zero-order valence-corrected chi connectivity index (χ0v) is 15.4. The van der Waals surface area contributed by atoms with Crippen LogP contribution in [0.4, 0.5) is 0 Å². The molecule has 3 fully saturated rings. The molecule has 138 valence electrons. The molecule has 1 N–H and O–H groups in total. The second kappa shape index (κ2) is 6.72. The van der Waals surface area contributed by atoms with Crippen LogP contribution in [-0.4, -0.2) is 51.9 Å². The Morgan fingerprint density at radius 2 is 2.24 bits per heavy atom. The van der Waals surface area contributed by atoms with Gasteiger partial charge in [0.15, 0.2) is 0 Å². The van der Waals surface area contributed by atoms with Crippen molar-refractivity contribution in [2.75, 3.05) is 19.6 Å². The lowest BCUT2D eigenvalue weighted by Gasteiger charge is -2.44. The molecule has 2 aliphatic heterocycles. The summed E-state index contributed by atoms with van der Waals surface area (Å²) in [4.78, 5) is 14.8. The van der Waals surface area contributed by atoms with E-state index in [1.54, 1.807) is 0 Å². The van der Waals surface area contributed by atoms with E-state index in [0.717, 1.165) is 45.4 Å². The summed E-state index contributed by atoms with van der Waals surface area (Å²) < 4.78 is 8.22. The van der Waals surface area contributed by atoms with Crippen molar-refractivity contribution in [3.8, 4) is 0 Å². The molecular weight excluding hydrogens is 316 g/mol. The van der Waals surface area contributed by atoms with Crippen LogP contribution in [0.15, 0.2) is 12.4 Å². The van der Waals surface area contributed by atoms with E-state index >= 15 is 0 Å². The number of likely N-dealkylation sites (tertiary alicyclic amines) is 1. The van der Waals surface area contributed by atoms with Gasteiger partial charge in [-0.25, -0.2) is 0 Å². The third-order valence-electron chi connectivity index (χ3n) is 6.21. The largest absolute Gasteiger partial charge is 0.362 e. The predicted octanol–water partition coefficient (Wildman–Crippen LogP) is 1.71. The molecule has 4 rings (SSSR count). The minimum Gasteiger partial charge on any atom is -0.362 e. The number of nitrogens with one attached hydrogen (secondary N) is 1. The number of hydrogen-bond donors (Lipinski definition) is 1. The Balaban J connectivity index is 1.30. The molecule has 1 spiro atoms. The number of nitrogens with zero attached hydrogens (tertiary/aromatic N) is 3. The molecule has 3 aliphatic rings. The van der Waals surface area contributed by atoms with Crippen LogP contribution in [0.25, 0.3) is 0 Å². The van der Waals surface area contributed by atoms with E-state index in [-0.39, 0.29) is 17.6 Å². The molecule has 1 amide bonds. The highest BCUT2D eigenvalue weighted by molar-refractivity contribution is 5.81. The van der Waals surface area contributed by atoms with Gasteiger partial charge in [-0.2, -0.15) is 5.10 Å². The van der Waals surface area contributed by atoms with Crippen molar-refractivity contribution >= 4 is 5.91 Å². The van der Waals surface area contributed by atoms with Gasteiger partial charge < -0.3 is 10.1 Å². The molecule has 1 saturated carbocycles. The molecule has 3 heterocycles. The van der Waals surface area contributed by atoms with Gasteiger partial charge in [0.2, 0.25) is 5.91 Å². The van der Waals surface area contributed by atoms with E-state index in [0.29, 0.717) is 11.8 Å². The Morgan fingerprint density at radius 3 is 2.92 bits per heavy atom. The van der Waals surface area contributed by atoms with Crippen LogP contribution in [-0.2, 0) is 23.1 Å². The first-order chi connectivity index (χ1) is 12.0. The monoisotopic (exact) mass is 346 g/mol. The number of amides is 1. The van der Waals surface area contributed by atoms with E-state index in [2.05, 4.69) is 28.4 Å². The van der Waals surface area contributed by atoms with Crippen molar-refractivity contribution in [3.05, 3.63) is 18.0 Å². The van der Waals surface area contributed by atoms with E-state index in [4.69, 9.17) is 4.74 Å². The second-order valence-corrected chi connectivity index (χ2v) is 8.31. The van der Waals surface area contributed by atoms with Crippen LogP contribution in [0.1, 0.15) is 44.6 Å². The first-order valence-electron chi connectivity index (χ1n) is 9.69. The maximum absolute atomic E-state index is 12.4. The van der Waals surface area contributed by atoms with E-state index < -0.39 is 0 Å². The molecule has 6 nitrogen and oxygen atoms in total. The van der Waals surface area contributed by atoms with Gasteiger partial charge in [-0.1, -0.05) is 6.92 Å². The number of rotatable bonds is 5. The predicted molar refractivity (Wildman–Crippen MR) is 94.8 cm³/mol.